The maximum Gasteiger partial charge on any atom is 0.307 e. The third-order valence-corrected chi connectivity index (χ3v) is 5.08. The van der Waals surface area contributed by atoms with E-state index >= 15 is 0 Å². The molecule has 0 spiro atoms. The summed E-state index contributed by atoms with van der Waals surface area (Å²) in [4.78, 5) is 27.6. The van der Waals surface area contributed by atoms with Crippen LogP contribution in [-0.2, 0) is 9.59 Å². The van der Waals surface area contributed by atoms with Crippen molar-refractivity contribution in [2.45, 2.75) is 26.3 Å². The van der Waals surface area contributed by atoms with E-state index in [1.807, 2.05) is 18.7 Å². The van der Waals surface area contributed by atoms with Gasteiger partial charge < -0.3 is 14.7 Å². The zero-order chi connectivity index (χ0) is 19.3. The summed E-state index contributed by atoms with van der Waals surface area (Å²) in [6.45, 7) is 5.87. The first-order valence-corrected chi connectivity index (χ1v) is 9.26. The van der Waals surface area contributed by atoms with E-state index in [2.05, 4.69) is 0 Å². The fraction of sp³-hybridized carbons (Fsp3) is 0.579. The molecule has 1 amide bonds. The van der Waals surface area contributed by atoms with Gasteiger partial charge in [0, 0.05) is 25.2 Å². The summed E-state index contributed by atoms with van der Waals surface area (Å²) in [5, 5.41) is 9.95. The number of benzene rings is 1. The predicted octanol–water partition coefficient (Wildman–Crippen LogP) is 2.61. The van der Waals surface area contributed by atoms with Crippen LogP contribution in [0.25, 0.3) is 0 Å². The summed E-state index contributed by atoms with van der Waals surface area (Å²) in [6, 6.07) is 6.73. The number of carbonyl (C=O) groups is 2. The number of piperidine rings is 1. The fourth-order valence-corrected chi connectivity index (χ4v) is 3.43. The van der Waals surface area contributed by atoms with Crippen LogP contribution in [0.3, 0.4) is 0 Å². The van der Waals surface area contributed by atoms with E-state index in [4.69, 9.17) is 16.3 Å². The predicted molar refractivity (Wildman–Crippen MR) is 101 cm³/mol. The number of amides is 1. The minimum absolute atomic E-state index is 0.0251. The Balaban J connectivity index is 1.84. The van der Waals surface area contributed by atoms with E-state index in [-0.39, 0.29) is 17.9 Å². The van der Waals surface area contributed by atoms with Gasteiger partial charge in [-0.1, -0.05) is 18.5 Å². The molecular formula is C19H27ClN2O4. The van der Waals surface area contributed by atoms with E-state index < -0.39 is 11.9 Å². The van der Waals surface area contributed by atoms with Gasteiger partial charge in [-0.3, -0.25) is 14.5 Å². The monoisotopic (exact) mass is 382 g/mol. The Hall–Kier alpha value is -1.79. The second-order valence-electron chi connectivity index (χ2n) is 7.07. The highest BCUT2D eigenvalue weighted by atomic mass is 35.5. The molecular weight excluding hydrogens is 356 g/mol. The number of carboxylic acids is 1. The lowest BCUT2D eigenvalue weighted by Crippen LogP contribution is -2.52. The molecule has 3 atom stereocenters. The zero-order valence-corrected chi connectivity index (χ0v) is 16.3. The van der Waals surface area contributed by atoms with Crippen LogP contribution in [-0.4, -0.2) is 66.1 Å². The Morgan fingerprint density at radius 2 is 2.00 bits per heavy atom. The molecule has 26 heavy (non-hydrogen) atoms. The zero-order valence-electron chi connectivity index (χ0n) is 15.5. The van der Waals surface area contributed by atoms with E-state index in [1.54, 1.807) is 36.2 Å². The van der Waals surface area contributed by atoms with Crippen LogP contribution in [0.1, 0.15) is 20.3 Å². The van der Waals surface area contributed by atoms with Gasteiger partial charge >= 0.3 is 5.97 Å². The second kappa shape index (κ2) is 9.24. The molecule has 1 aliphatic heterocycles. The van der Waals surface area contributed by atoms with Crippen molar-refractivity contribution in [1.29, 1.82) is 0 Å². The highest BCUT2D eigenvalue weighted by Gasteiger charge is 2.34. The first-order valence-electron chi connectivity index (χ1n) is 8.88. The van der Waals surface area contributed by atoms with Crippen LogP contribution in [0.5, 0.6) is 5.75 Å². The second-order valence-corrected chi connectivity index (χ2v) is 7.50. The number of hydrogen-bond acceptors (Lipinski definition) is 4. The van der Waals surface area contributed by atoms with Crippen molar-refractivity contribution in [3.63, 3.8) is 0 Å². The molecule has 0 radical (unpaired) electrons. The lowest BCUT2D eigenvalue weighted by atomic mass is 9.89. The maximum atomic E-state index is 12.7. The van der Waals surface area contributed by atoms with Crippen molar-refractivity contribution in [2.24, 2.45) is 11.8 Å². The largest absolute Gasteiger partial charge is 0.492 e. The SMILES string of the molecule is CC1CC(C(=O)O)CN(C(C)C(=O)N(C)CCOc2ccc(Cl)cc2)C1. The molecule has 2 rings (SSSR count). The van der Waals surface area contributed by atoms with Crippen molar-refractivity contribution in [3.8, 4) is 5.75 Å². The Morgan fingerprint density at radius 3 is 2.62 bits per heavy atom. The molecule has 0 saturated carbocycles. The first kappa shape index (κ1) is 20.5. The number of rotatable bonds is 7. The number of aliphatic carboxylic acids is 1. The number of ether oxygens (including phenoxy) is 1. The van der Waals surface area contributed by atoms with E-state index in [0.717, 1.165) is 6.54 Å². The van der Waals surface area contributed by atoms with Crippen molar-refractivity contribution >= 4 is 23.5 Å². The molecule has 0 bridgehead atoms. The minimum atomic E-state index is -0.786. The van der Waals surface area contributed by atoms with Gasteiger partial charge in [0.05, 0.1) is 18.5 Å². The van der Waals surface area contributed by atoms with Crippen molar-refractivity contribution in [1.82, 2.24) is 9.80 Å². The van der Waals surface area contributed by atoms with E-state index in [9.17, 15) is 14.7 Å². The van der Waals surface area contributed by atoms with Crippen molar-refractivity contribution < 1.29 is 19.4 Å². The average molecular weight is 383 g/mol. The van der Waals surface area contributed by atoms with Crippen LogP contribution in [0.15, 0.2) is 24.3 Å². The van der Waals surface area contributed by atoms with Gasteiger partial charge in [0.25, 0.3) is 0 Å². The summed E-state index contributed by atoms with van der Waals surface area (Å²) in [7, 11) is 1.74. The maximum absolute atomic E-state index is 12.7. The van der Waals surface area contributed by atoms with Gasteiger partial charge in [0.2, 0.25) is 5.91 Å². The number of hydrogen-bond donors (Lipinski definition) is 1. The molecule has 1 aliphatic rings. The van der Waals surface area contributed by atoms with Gasteiger partial charge in [0.1, 0.15) is 12.4 Å². The summed E-state index contributed by atoms with van der Waals surface area (Å²) >= 11 is 5.84. The minimum Gasteiger partial charge on any atom is -0.492 e. The lowest BCUT2D eigenvalue weighted by molar-refractivity contribution is -0.147. The quantitative estimate of drug-likeness (QED) is 0.785. The number of carboxylic acid groups (broad SMARTS) is 1. The molecule has 0 aromatic heterocycles. The number of likely N-dealkylation sites (tertiary alicyclic amines) is 1. The number of nitrogens with zero attached hydrogens (tertiary/aromatic N) is 2. The van der Waals surface area contributed by atoms with Crippen LogP contribution >= 0.6 is 11.6 Å². The standard InChI is InChI=1S/C19H27ClN2O4/c1-13-10-15(19(24)25)12-22(11-13)14(2)18(23)21(3)8-9-26-17-6-4-16(20)5-7-17/h4-7,13-15H,8-12H2,1-3H3,(H,24,25). The highest BCUT2D eigenvalue weighted by Crippen LogP contribution is 2.24. The topological polar surface area (TPSA) is 70.1 Å². The lowest BCUT2D eigenvalue weighted by Gasteiger charge is -2.38. The molecule has 1 fully saturated rings. The Kier molecular flexibility index (Phi) is 7.29. The Bertz CT molecular complexity index is 622. The van der Waals surface area contributed by atoms with E-state index in [0.29, 0.717) is 36.9 Å². The van der Waals surface area contributed by atoms with Gasteiger partial charge in [-0.05, 0) is 43.5 Å². The normalized spacial score (nSPS) is 21.8. The molecule has 0 aliphatic carbocycles. The molecule has 6 nitrogen and oxygen atoms in total. The van der Waals surface area contributed by atoms with Gasteiger partial charge in [0.15, 0.2) is 0 Å². The Labute approximate surface area is 159 Å². The number of likely N-dealkylation sites (N-methyl/N-ethyl adjacent to an activating group) is 1. The number of carbonyl (C=O) groups excluding carboxylic acids is 1. The first-order chi connectivity index (χ1) is 12.3. The third-order valence-electron chi connectivity index (χ3n) is 4.83. The van der Waals surface area contributed by atoms with E-state index in [1.165, 1.54) is 0 Å². The molecule has 144 valence electrons. The van der Waals surface area contributed by atoms with Crippen LogP contribution in [0.2, 0.25) is 5.02 Å². The smallest absolute Gasteiger partial charge is 0.307 e. The van der Waals surface area contributed by atoms with Crippen LogP contribution in [0.4, 0.5) is 0 Å². The summed E-state index contributed by atoms with van der Waals surface area (Å²) in [5.41, 5.74) is 0. The number of halogens is 1. The molecule has 1 aromatic carbocycles. The highest BCUT2D eigenvalue weighted by molar-refractivity contribution is 6.30. The summed E-state index contributed by atoms with van der Waals surface area (Å²) in [5.74, 6) is -0.252. The fourth-order valence-electron chi connectivity index (χ4n) is 3.30. The van der Waals surface area contributed by atoms with Gasteiger partial charge in [-0.25, -0.2) is 0 Å². The molecule has 1 aromatic rings. The summed E-state index contributed by atoms with van der Waals surface area (Å²) < 4.78 is 5.63. The van der Waals surface area contributed by atoms with Gasteiger partial charge in [-0.2, -0.15) is 0 Å². The Morgan fingerprint density at radius 1 is 1.35 bits per heavy atom. The average Bonchev–Trinajstić information content (AvgIpc) is 2.61. The molecule has 1 heterocycles. The van der Waals surface area contributed by atoms with Crippen molar-refractivity contribution in [3.05, 3.63) is 29.3 Å². The van der Waals surface area contributed by atoms with Crippen LogP contribution in [0, 0.1) is 11.8 Å². The van der Waals surface area contributed by atoms with Gasteiger partial charge in [-0.15, -0.1) is 0 Å². The third kappa shape index (κ3) is 5.61. The molecule has 1 saturated heterocycles. The molecule has 7 heteroatoms. The molecule has 3 unspecified atom stereocenters. The summed E-state index contributed by atoms with van der Waals surface area (Å²) in [6.07, 6.45) is 0.664. The van der Waals surface area contributed by atoms with Crippen LogP contribution < -0.4 is 4.74 Å². The molecule has 1 N–H and O–H groups in total. The van der Waals surface area contributed by atoms with Crippen molar-refractivity contribution in [2.75, 3.05) is 33.3 Å².